The summed E-state index contributed by atoms with van der Waals surface area (Å²) in [6, 6.07) is 0.191. The predicted molar refractivity (Wildman–Crippen MR) is 76.0 cm³/mol. The molecule has 3 atom stereocenters. The highest BCUT2D eigenvalue weighted by molar-refractivity contribution is 5.85. The van der Waals surface area contributed by atoms with Crippen molar-refractivity contribution in [1.82, 2.24) is 10.2 Å². The Morgan fingerprint density at radius 3 is 2.74 bits per heavy atom. The Bertz CT molecular complexity index is 326. The van der Waals surface area contributed by atoms with Crippen molar-refractivity contribution in [3.8, 4) is 0 Å². The van der Waals surface area contributed by atoms with Crippen LogP contribution in [0.15, 0.2) is 0 Å². The summed E-state index contributed by atoms with van der Waals surface area (Å²) in [5.74, 6) is 0.181. The van der Waals surface area contributed by atoms with E-state index in [0.717, 1.165) is 25.8 Å². The third-order valence-corrected chi connectivity index (χ3v) is 4.05. The van der Waals surface area contributed by atoms with Gasteiger partial charge in [0.05, 0.1) is 5.92 Å². The molecule has 2 rings (SSSR count). The van der Waals surface area contributed by atoms with Crippen LogP contribution in [0.4, 0.5) is 0 Å². The molecule has 2 heterocycles. The standard InChI is InChI=1S/C13H23N3O2.ClH/c1-9(14)11-4-2-3-7-16(11)13(18)10-5-6-12(17)15-8-10;/h9-11H,2-8,14H2,1H3,(H,15,17);1H. The van der Waals surface area contributed by atoms with Gasteiger partial charge in [0.1, 0.15) is 0 Å². The zero-order valence-electron chi connectivity index (χ0n) is 11.4. The molecule has 2 saturated heterocycles. The van der Waals surface area contributed by atoms with Crippen molar-refractivity contribution >= 4 is 24.2 Å². The summed E-state index contributed by atoms with van der Waals surface area (Å²) in [5, 5.41) is 2.78. The van der Waals surface area contributed by atoms with E-state index >= 15 is 0 Å². The lowest BCUT2D eigenvalue weighted by atomic mass is 9.92. The van der Waals surface area contributed by atoms with Crippen LogP contribution in [0.3, 0.4) is 0 Å². The van der Waals surface area contributed by atoms with Crippen molar-refractivity contribution < 1.29 is 9.59 Å². The Morgan fingerprint density at radius 1 is 1.42 bits per heavy atom. The summed E-state index contributed by atoms with van der Waals surface area (Å²) in [6.45, 7) is 3.27. The first-order valence-electron chi connectivity index (χ1n) is 6.92. The Labute approximate surface area is 120 Å². The number of hydrogen-bond donors (Lipinski definition) is 2. The van der Waals surface area contributed by atoms with Crippen molar-refractivity contribution in [3.05, 3.63) is 0 Å². The fraction of sp³-hybridized carbons (Fsp3) is 0.846. The molecule has 2 aliphatic heterocycles. The molecule has 3 N–H and O–H groups in total. The van der Waals surface area contributed by atoms with Crippen molar-refractivity contribution in [3.63, 3.8) is 0 Å². The number of likely N-dealkylation sites (tertiary alicyclic amines) is 1. The number of piperidine rings is 2. The molecular formula is C13H24ClN3O2. The average Bonchev–Trinajstić information content (AvgIpc) is 2.39. The quantitative estimate of drug-likeness (QED) is 0.784. The van der Waals surface area contributed by atoms with Crippen LogP contribution < -0.4 is 11.1 Å². The number of carbonyl (C=O) groups excluding carboxylic acids is 2. The van der Waals surface area contributed by atoms with Gasteiger partial charge in [-0.3, -0.25) is 9.59 Å². The monoisotopic (exact) mass is 289 g/mol. The molecule has 0 spiro atoms. The third kappa shape index (κ3) is 3.83. The molecule has 0 aromatic carbocycles. The van der Waals surface area contributed by atoms with Crippen molar-refractivity contribution in [2.75, 3.05) is 13.1 Å². The zero-order valence-corrected chi connectivity index (χ0v) is 12.2. The Hall–Kier alpha value is -0.810. The van der Waals surface area contributed by atoms with E-state index in [0.29, 0.717) is 19.4 Å². The summed E-state index contributed by atoms with van der Waals surface area (Å²) in [4.78, 5) is 25.6. The van der Waals surface area contributed by atoms with Gasteiger partial charge in [-0.2, -0.15) is 0 Å². The van der Waals surface area contributed by atoms with E-state index in [4.69, 9.17) is 5.73 Å². The van der Waals surface area contributed by atoms with Crippen LogP contribution in [0, 0.1) is 5.92 Å². The fourth-order valence-electron chi connectivity index (χ4n) is 2.96. The smallest absolute Gasteiger partial charge is 0.227 e. The highest BCUT2D eigenvalue weighted by Crippen LogP contribution is 2.23. The molecule has 2 aliphatic rings. The largest absolute Gasteiger partial charge is 0.355 e. The van der Waals surface area contributed by atoms with Gasteiger partial charge in [-0.1, -0.05) is 0 Å². The molecule has 0 aliphatic carbocycles. The van der Waals surface area contributed by atoms with Gasteiger partial charge in [-0.15, -0.1) is 12.4 Å². The number of carbonyl (C=O) groups is 2. The molecule has 6 heteroatoms. The average molecular weight is 290 g/mol. The number of nitrogens with two attached hydrogens (primary N) is 1. The second kappa shape index (κ2) is 7.10. The second-order valence-corrected chi connectivity index (χ2v) is 5.49. The summed E-state index contributed by atoms with van der Waals surface area (Å²) in [6.07, 6.45) is 4.36. The highest BCUT2D eigenvalue weighted by Gasteiger charge is 2.34. The lowest BCUT2D eigenvalue weighted by molar-refractivity contribution is -0.141. The van der Waals surface area contributed by atoms with Gasteiger partial charge in [-0.25, -0.2) is 0 Å². The van der Waals surface area contributed by atoms with E-state index in [1.807, 2.05) is 11.8 Å². The van der Waals surface area contributed by atoms with E-state index in [1.54, 1.807) is 0 Å². The Kier molecular flexibility index (Phi) is 6.07. The maximum atomic E-state index is 12.5. The molecule has 19 heavy (non-hydrogen) atoms. The van der Waals surface area contributed by atoms with Crippen LogP contribution in [0.25, 0.3) is 0 Å². The predicted octanol–water partition coefficient (Wildman–Crippen LogP) is 0.663. The molecule has 0 saturated carbocycles. The van der Waals surface area contributed by atoms with E-state index in [2.05, 4.69) is 5.32 Å². The molecular weight excluding hydrogens is 266 g/mol. The van der Waals surface area contributed by atoms with Gasteiger partial charge in [0.15, 0.2) is 0 Å². The zero-order chi connectivity index (χ0) is 13.1. The topological polar surface area (TPSA) is 75.4 Å². The van der Waals surface area contributed by atoms with Crippen molar-refractivity contribution in [2.24, 2.45) is 11.7 Å². The van der Waals surface area contributed by atoms with Gasteiger partial charge in [0, 0.05) is 31.6 Å². The minimum Gasteiger partial charge on any atom is -0.355 e. The summed E-state index contributed by atoms with van der Waals surface area (Å²) >= 11 is 0. The molecule has 3 unspecified atom stereocenters. The van der Waals surface area contributed by atoms with Crippen LogP contribution >= 0.6 is 12.4 Å². The van der Waals surface area contributed by atoms with Crippen molar-refractivity contribution in [2.45, 2.75) is 51.1 Å². The molecule has 2 fully saturated rings. The molecule has 0 aromatic rings. The first-order chi connectivity index (χ1) is 8.59. The minimum absolute atomic E-state index is 0. The number of halogens is 1. The first-order valence-corrected chi connectivity index (χ1v) is 6.92. The number of nitrogens with zero attached hydrogens (tertiary/aromatic N) is 1. The van der Waals surface area contributed by atoms with Crippen molar-refractivity contribution in [1.29, 1.82) is 0 Å². The number of nitrogens with one attached hydrogen (secondary N) is 1. The Morgan fingerprint density at radius 2 is 2.16 bits per heavy atom. The third-order valence-electron chi connectivity index (χ3n) is 4.05. The van der Waals surface area contributed by atoms with Crippen LogP contribution in [0.5, 0.6) is 0 Å². The van der Waals surface area contributed by atoms with E-state index < -0.39 is 0 Å². The van der Waals surface area contributed by atoms with Gasteiger partial charge in [0.2, 0.25) is 11.8 Å². The number of hydrogen-bond acceptors (Lipinski definition) is 3. The van der Waals surface area contributed by atoms with Crippen LogP contribution in [-0.4, -0.2) is 41.9 Å². The normalized spacial score (nSPS) is 29.2. The lowest BCUT2D eigenvalue weighted by Gasteiger charge is -2.40. The summed E-state index contributed by atoms with van der Waals surface area (Å²) in [5.41, 5.74) is 5.98. The molecule has 2 amide bonds. The highest BCUT2D eigenvalue weighted by atomic mass is 35.5. The fourth-order valence-corrected chi connectivity index (χ4v) is 2.96. The van der Waals surface area contributed by atoms with Gasteiger partial charge >= 0.3 is 0 Å². The van der Waals surface area contributed by atoms with Gasteiger partial charge in [0.25, 0.3) is 0 Å². The first kappa shape index (κ1) is 16.2. The number of rotatable bonds is 2. The lowest BCUT2D eigenvalue weighted by Crippen LogP contribution is -2.55. The maximum absolute atomic E-state index is 12.5. The van der Waals surface area contributed by atoms with E-state index in [-0.39, 0.29) is 42.2 Å². The maximum Gasteiger partial charge on any atom is 0.227 e. The molecule has 5 nitrogen and oxygen atoms in total. The van der Waals surface area contributed by atoms with Crippen LogP contribution in [0.2, 0.25) is 0 Å². The van der Waals surface area contributed by atoms with Gasteiger partial charge in [-0.05, 0) is 32.6 Å². The molecule has 0 bridgehead atoms. The summed E-state index contributed by atoms with van der Waals surface area (Å²) < 4.78 is 0. The van der Waals surface area contributed by atoms with Crippen LogP contribution in [0.1, 0.15) is 39.0 Å². The molecule has 0 radical (unpaired) electrons. The summed E-state index contributed by atoms with van der Waals surface area (Å²) in [7, 11) is 0. The second-order valence-electron chi connectivity index (χ2n) is 5.49. The van der Waals surface area contributed by atoms with Crippen LogP contribution in [-0.2, 0) is 9.59 Å². The SMILES string of the molecule is CC(N)C1CCCCN1C(=O)C1CCC(=O)NC1.Cl. The minimum atomic E-state index is -0.0537. The molecule has 110 valence electrons. The van der Waals surface area contributed by atoms with E-state index in [9.17, 15) is 9.59 Å². The Balaban J connectivity index is 0.00000180. The molecule has 0 aromatic heterocycles. The number of amides is 2. The van der Waals surface area contributed by atoms with E-state index in [1.165, 1.54) is 0 Å². The van der Waals surface area contributed by atoms with Gasteiger partial charge < -0.3 is 16.0 Å².